The van der Waals surface area contributed by atoms with Gasteiger partial charge in [-0.05, 0) is 30.3 Å². The summed E-state index contributed by atoms with van der Waals surface area (Å²) in [5.74, 6) is -0.492. The summed E-state index contributed by atoms with van der Waals surface area (Å²) in [5.41, 5.74) is 0.612. The lowest BCUT2D eigenvalue weighted by atomic mass is 10.2. The Morgan fingerprint density at radius 3 is 2.45 bits per heavy atom. The zero-order chi connectivity index (χ0) is 14.8. The maximum absolute atomic E-state index is 12.2. The summed E-state index contributed by atoms with van der Waals surface area (Å²) in [6.07, 6.45) is 1.07. The van der Waals surface area contributed by atoms with E-state index in [1.165, 1.54) is 12.1 Å². The third-order valence-corrected chi connectivity index (χ3v) is 4.00. The Labute approximate surface area is 122 Å². The molecule has 4 nitrogen and oxygen atoms in total. The molecular formula is C14H12ClNO3S. The zero-order valence-electron chi connectivity index (χ0n) is 10.6. The third-order valence-electron chi connectivity index (χ3n) is 2.61. The predicted molar refractivity (Wildman–Crippen MR) is 79.0 cm³/mol. The first-order valence-corrected chi connectivity index (χ1v) is 8.01. The van der Waals surface area contributed by atoms with E-state index in [-0.39, 0.29) is 10.5 Å². The van der Waals surface area contributed by atoms with Crippen LogP contribution in [0.1, 0.15) is 10.4 Å². The fraction of sp³-hybridized carbons (Fsp3) is 0.0714. The van der Waals surface area contributed by atoms with Crippen LogP contribution in [0.4, 0.5) is 5.69 Å². The minimum atomic E-state index is -3.47. The van der Waals surface area contributed by atoms with E-state index in [1.54, 1.807) is 36.4 Å². The second kappa shape index (κ2) is 5.64. The second-order valence-electron chi connectivity index (χ2n) is 4.23. The molecular weight excluding hydrogens is 298 g/mol. The van der Waals surface area contributed by atoms with Gasteiger partial charge in [-0.1, -0.05) is 29.8 Å². The van der Waals surface area contributed by atoms with Crippen molar-refractivity contribution in [1.29, 1.82) is 0 Å². The van der Waals surface area contributed by atoms with E-state index in [0.717, 1.165) is 6.26 Å². The largest absolute Gasteiger partial charge is 0.322 e. The molecule has 0 bridgehead atoms. The molecule has 1 N–H and O–H groups in total. The highest BCUT2D eigenvalue weighted by Crippen LogP contribution is 2.19. The van der Waals surface area contributed by atoms with E-state index < -0.39 is 15.7 Å². The van der Waals surface area contributed by atoms with E-state index in [2.05, 4.69) is 5.32 Å². The van der Waals surface area contributed by atoms with E-state index in [4.69, 9.17) is 11.6 Å². The molecule has 0 aromatic heterocycles. The lowest BCUT2D eigenvalue weighted by Crippen LogP contribution is -2.15. The number of rotatable bonds is 3. The Kier molecular flexibility index (Phi) is 4.11. The summed E-state index contributed by atoms with van der Waals surface area (Å²) in [5, 5.41) is 3.11. The van der Waals surface area contributed by atoms with Gasteiger partial charge in [0, 0.05) is 17.0 Å². The average molecular weight is 310 g/mol. The molecule has 0 heterocycles. The minimum Gasteiger partial charge on any atom is -0.322 e. The maximum atomic E-state index is 12.2. The molecule has 0 atom stereocenters. The molecule has 0 saturated carbocycles. The molecule has 20 heavy (non-hydrogen) atoms. The number of hydrogen-bond donors (Lipinski definition) is 1. The number of benzene rings is 2. The van der Waals surface area contributed by atoms with Gasteiger partial charge in [0.25, 0.3) is 5.91 Å². The number of hydrogen-bond acceptors (Lipinski definition) is 3. The first-order valence-electron chi connectivity index (χ1n) is 5.74. The van der Waals surface area contributed by atoms with E-state index >= 15 is 0 Å². The quantitative estimate of drug-likeness (QED) is 0.948. The first kappa shape index (κ1) is 14.6. The van der Waals surface area contributed by atoms with Crippen molar-refractivity contribution < 1.29 is 13.2 Å². The molecule has 0 spiro atoms. The number of sulfone groups is 1. The molecule has 0 radical (unpaired) electrons. The van der Waals surface area contributed by atoms with Crippen LogP contribution >= 0.6 is 11.6 Å². The van der Waals surface area contributed by atoms with E-state index in [9.17, 15) is 13.2 Å². The molecule has 0 fully saturated rings. The smallest absolute Gasteiger partial charge is 0.256 e. The molecule has 6 heteroatoms. The van der Waals surface area contributed by atoms with Crippen LogP contribution in [0, 0.1) is 0 Å². The molecule has 2 aromatic carbocycles. The highest BCUT2D eigenvalue weighted by atomic mass is 35.5. The third kappa shape index (κ3) is 3.37. The highest BCUT2D eigenvalue weighted by molar-refractivity contribution is 7.90. The summed E-state index contributed by atoms with van der Waals surface area (Å²) in [6, 6.07) is 12.7. The Hall–Kier alpha value is -1.85. The molecule has 0 saturated heterocycles. The Bertz CT molecular complexity index is 757. The summed E-state index contributed by atoms with van der Waals surface area (Å²) in [6.45, 7) is 0. The lowest BCUT2D eigenvalue weighted by Gasteiger charge is -2.09. The summed E-state index contributed by atoms with van der Waals surface area (Å²) in [7, 11) is -3.47. The summed E-state index contributed by atoms with van der Waals surface area (Å²) in [4.78, 5) is 12.2. The zero-order valence-corrected chi connectivity index (χ0v) is 12.2. The fourth-order valence-electron chi connectivity index (χ4n) is 1.74. The van der Waals surface area contributed by atoms with Crippen LogP contribution in [0.3, 0.4) is 0 Å². The molecule has 2 aromatic rings. The normalized spacial score (nSPS) is 11.1. The standard InChI is InChI=1S/C14H12ClNO3S/c1-20(18,19)13-8-3-2-7-12(13)14(17)16-11-6-4-5-10(15)9-11/h2-9H,1H3,(H,16,17). The van der Waals surface area contributed by atoms with Gasteiger partial charge in [0.2, 0.25) is 0 Å². The summed E-state index contributed by atoms with van der Waals surface area (Å²) >= 11 is 5.83. The minimum absolute atomic E-state index is 0.000437. The van der Waals surface area contributed by atoms with Crippen molar-refractivity contribution in [3.05, 3.63) is 59.1 Å². The number of carbonyl (C=O) groups excluding carboxylic acids is 1. The van der Waals surface area contributed by atoms with Crippen LogP contribution in [-0.4, -0.2) is 20.6 Å². The van der Waals surface area contributed by atoms with Gasteiger partial charge in [-0.2, -0.15) is 0 Å². The highest BCUT2D eigenvalue weighted by Gasteiger charge is 2.18. The monoisotopic (exact) mass is 309 g/mol. The van der Waals surface area contributed by atoms with Crippen molar-refractivity contribution in [2.45, 2.75) is 4.90 Å². The van der Waals surface area contributed by atoms with Crippen LogP contribution in [0.2, 0.25) is 5.02 Å². The van der Waals surface area contributed by atoms with Gasteiger partial charge in [-0.25, -0.2) is 8.42 Å². The number of nitrogens with one attached hydrogen (secondary N) is 1. The SMILES string of the molecule is CS(=O)(=O)c1ccccc1C(=O)Nc1cccc(Cl)c1. The molecule has 0 unspecified atom stereocenters. The van der Waals surface area contributed by atoms with Crippen LogP contribution in [0.15, 0.2) is 53.4 Å². The van der Waals surface area contributed by atoms with Crippen molar-refractivity contribution in [1.82, 2.24) is 0 Å². The maximum Gasteiger partial charge on any atom is 0.256 e. The molecule has 2 rings (SSSR count). The van der Waals surface area contributed by atoms with E-state index in [0.29, 0.717) is 10.7 Å². The Balaban J connectivity index is 2.36. The molecule has 104 valence electrons. The van der Waals surface area contributed by atoms with Gasteiger partial charge in [0.1, 0.15) is 0 Å². The fourth-order valence-corrected chi connectivity index (χ4v) is 2.82. The average Bonchev–Trinajstić information content (AvgIpc) is 2.37. The predicted octanol–water partition coefficient (Wildman–Crippen LogP) is 3.00. The van der Waals surface area contributed by atoms with Crippen LogP contribution in [0.5, 0.6) is 0 Å². The van der Waals surface area contributed by atoms with Gasteiger partial charge in [0.05, 0.1) is 10.5 Å². The number of carbonyl (C=O) groups is 1. The van der Waals surface area contributed by atoms with Crippen LogP contribution in [-0.2, 0) is 9.84 Å². The number of amides is 1. The van der Waals surface area contributed by atoms with Gasteiger partial charge < -0.3 is 5.32 Å². The Morgan fingerprint density at radius 1 is 1.10 bits per heavy atom. The van der Waals surface area contributed by atoms with Gasteiger partial charge in [-0.3, -0.25) is 4.79 Å². The van der Waals surface area contributed by atoms with Crippen molar-refractivity contribution in [2.24, 2.45) is 0 Å². The Morgan fingerprint density at radius 2 is 1.80 bits per heavy atom. The van der Waals surface area contributed by atoms with Crippen LogP contribution in [0.25, 0.3) is 0 Å². The van der Waals surface area contributed by atoms with Gasteiger partial charge >= 0.3 is 0 Å². The number of anilines is 1. The lowest BCUT2D eigenvalue weighted by molar-refractivity contribution is 0.102. The molecule has 1 amide bonds. The second-order valence-corrected chi connectivity index (χ2v) is 6.65. The molecule has 0 aliphatic heterocycles. The van der Waals surface area contributed by atoms with E-state index in [1.807, 2.05) is 0 Å². The molecule has 0 aliphatic carbocycles. The molecule has 0 aliphatic rings. The topological polar surface area (TPSA) is 63.2 Å². The number of halogens is 1. The van der Waals surface area contributed by atoms with Crippen molar-refractivity contribution in [3.8, 4) is 0 Å². The van der Waals surface area contributed by atoms with Gasteiger partial charge in [-0.15, -0.1) is 0 Å². The van der Waals surface area contributed by atoms with Gasteiger partial charge in [0.15, 0.2) is 9.84 Å². The van der Waals surface area contributed by atoms with Crippen molar-refractivity contribution >= 4 is 33.0 Å². The van der Waals surface area contributed by atoms with Crippen LogP contribution < -0.4 is 5.32 Å². The first-order chi connectivity index (χ1) is 9.38. The van der Waals surface area contributed by atoms with Crippen molar-refractivity contribution in [2.75, 3.05) is 11.6 Å². The van der Waals surface area contributed by atoms with Crippen molar-refractivity contribution in [3.63, 3.8) is 0 Å². The summed E-state index contributed by atoms with van der Waals surface area (Å²) < 4.78 is 23.3.